The van der Waals surface area contributed by atoms with Crippen LogP contribution < -0.4 is 11.2 Å². The van der Waals surface area contributed by atoms with Gasteiger partial charge >= 0.3 is 12.0 Å². The highest BCUT2D eigenvalue weighted by Crippen LogP contribution is 1.95. The van der Waals surface area contributed by atoms with Crippen LogP contribution in [0.3, 0.4) is 0 Å². The predicted octanol–water partition coefficient (Wildman–Crippen LogP) is -1.12. The van der Waals surface area contributed by atoms with Gasteiger partial charge in [-0.3, -0.25) is 10.2 Å². The van der Waals surface area contributed by atoms with Crippen molar-refractivity contribution in [1.82, 2.24) is 10.4 Å². The molecule has 0 saturated heterocycles. The first-order chi connectivity index (χ1) is 5.49. The van der Waals surface area contributed by atoms with E-state index >= 15 is 0 Å². The molecule has 0 fully saturated rings. The second kappa shape index (κ2) is 4.83. The fourth-order valence-corrected chi connectivity index (χ4v) is 1.02. The van der Waals surface area contributed by atoms with Gasteiger partial charge in [-0.1, -0.05) is 0 Å². The average Bonchev–Trinajstić information content (AvgIpc) is 1.85. The molecule has 0 aromatic rings. The highest BCUT2D eigenvalue weighted by atomic mass is 32.1. The van der Waals surface area contributed by atoms with Crippen LogP contribution in [0.25, 0.3) is 0 Å². The number of carboxylic acids is 1. The van der Waals surface area contributed by atoms with Crippen molar-refractivity contribution in [2.24, 2.45) is 5.73 Å². The average molecular weight is 193 g/mol. The molecule has 0 aliphatic carbocycles. The van der Waals surface area contributed by atoms with E-state index in [2.05, 4.69) is 18.1 Å². The van der Waals surface area contributed by atoms with Crippen molar-refractivity contribution in [3.8, 4) is 0 Å². The van der Waals surface area contributed by atoms with E-state index in [1.807, 2.05) is 0 Å². The van der Waals surface area contributed by atoms with Crippen LogP contribution in [0.5, 0.6) is 0 Å². The molecule has 0 heterocycles. The zero-order chi connectivity index (χ0) is 9.72. The number of primary amides is 1. The monoisotopic (exact) mass is 193 g/mol. The van der Waals surface area contributed by atoms with Gasteiger partial charge in [-0.25, -0.2) is 9.80 Å². The molecular weight excluding hydrogens is 182 g/mol. The van der Waals surface area contributed by atoms with Gasteiger partial charge < -0.3 is 10.8 Å². The molecule has 0 unspecified atom stereocenters. The summed E-state index contributed by atoms with van der Waals surface area (Å²) < 4.78 is 0. The van der Waals surface area contributed by atoms with Gasteiger partial charge in [0.15, 0.2) is 0 Å². The van der Waals surface area contributed by atoms with E-state index in [-0.39, 0.29) is 5.75 Å². The quantitative estimate of drug-likeness (QED) is 0.336. The molecule has 0 radical (unpaired) electrons. The van der Waals surface area contributed by atoms with Crippen LogP contribution in [0.15, 0.2) is 0 Å². The minimum atomic E-state index is -1.07. The van der Waals surface area contributed by atoms with E-state index < -0.39 is 18.0 Å². The van der Waals surface area contributed by atoms with E-state index in [0.29, 0.717) is 0 Å². The third kappa shape index (κ3) is 3.44. The third-order valence-electron chi connectivity index (χ3n) is 1.21. The Morgan fingerprint density at radius 1 is 1.75 bits per heavy atom. The number of carbonyl (C=O) groups is 2. The molecule has 6 nitrogen and oxygen atoms in total. The number of carboxylic acid groups (broad SMARTS) is 1. The largest absolute Gasteiger partial charge is 0.480 e. The zero-order valence-corrected chi connectivity index (χ0v) is 7.41. The van der Waals surface area contributed by atoms with E-state index in [0.717, 1.165) is 5.01 Å². The summed E-state index contributed by atoms with van der Waals surface area (Å²) in [6, 6.07) is -1.67. The fourth-order valence-electron chi connectivity index (χ4n) is 0.618. The van der Waals surface area contributed by atoms with Gasteiger partial charge in [-0.2, -0.15) is 12.6 Å². The highest BCUT2D eigenvalue weighted by Gasteiger charge is 2.21. The lowest BCUT2D eigenvalue weighted by atomic mass is 10.3. The Bertz CT molecular complexity index is 187. The lowest BCUT2D eigenvalue weighted by Crippen LogP contribution is -2.51. The van der Waals surface area contributed by atoms with Crippen molar-refractivity contribution in [3.05, 3.63) is 0 Å². The van der Waals surface area contributed by atoms with Crippen molar-refractivity contribution in [1.29, 1.82) is 0 Å². The number of urea groups is 1. The molecule has 12 heavy (non-hydrogen) atoms. The molecular formula is C5H11N3O3S. The molecule has 7 heteroatoms. The molecule has 0 aromatic carbocycles. The smallest absolute Gasteiger partial charge is 0.326 e. The number of rotatable bonds is 4. The van der Waals surface area contributed by atoms with Gasteiger partial charge in [-0.15, -0.1) is 0 Å². The molecule has 0 bridgehead atoms. The molecule has 0 spiro atoms. The zero-order valence-electron chi connectivity index (χ0n) is 6.52. The summed E-state index contributed by atoms with van der Waals surface area (Å²) in [5.74, 6) is -0.979. The summed E-state index contributed by atoms with van der Waals surface area (Å²) in [6.45, 7) is 0. The minimum absolute atomic E-state index is 0.0894. The molecule has 0 aromatic heterocycles. The normalized spacial score (nSPS) is 12.6. The molecule has 4 N–H and O–H groups in total. The summed E-state index contributed by atoms with van der Waals surface area (Å²) in [6.07, 6.45) is 0. The van der Waals surface area contributed by atoms with Gasteiger partial charge in [0.25, 0.3) is 0 Å². The van der Waals surface area contributed by atoms with Crippen LogP contribution in [0, 0.1) is 0 Å². The molecule has 0 saturated carbocycles. The number of nitrogens with two attached hydrogens (primary N) is 1. The first-order valence-corrected chi connectivity index (χ1v) is 3.75. The van der Waals surface area contributed by atoms with Gasteiger partial charge in [0.05, 0.1) is 0 Å². The van der Waals surface area contributed by atoms with E-state index in [9.17, 15) is 9.59 Å². The number of hydrazine groups is 1. The van der Waals surface area contributed by atoms with Crippen molar-refractivity contribution in [2.45, 2.75) is 6.04 Å². The maximum atomic E-state index is 10.5. The lowest BCUT2D eigenvalue weighted by molar-refractivity contribution is -0.142. The first-order valence-electron chi connectivity index (χ1n) is 3.11. The van der Waals surface area contributed by atoms with E-state index in [1.54, 1.807) is 0 Å². The standard InChI is InChI=1S/C5H11N3O3S/c1-8(7-5(6)11)3(2-12)4(9)10/h3,12H,2H2,1H3,(H,9,10)(H3,6,7,11)/t3-/m0/s1. The van der Waals surface area contributed by atoms with E-state index in [1.165, 1.54) is 7.05 Å². The van der Waals surface area contributed by atoms with Crippen LogP contribution in [-0.2, 0) is 4.79 Å². The fraction of sp³-hybridized carbons (Fsp3) is 0.600. The second-order valence-electron chi connectivity index (χ2n) is 2.12. The Balaban J connectivity index is 4.11. The number of carbonyl (C=O) groups excluding carboxylic acids is 1. The van der Waals surface area contributed by atoms with Gasteiger partial charge in [0.2, 0.25) is 0 Å². The Hall–Kier alpha value is -0.950. The molecule has 0 aliphatic rings. The topological polar surface area (TPSA) is 95.7 Å². The van der Waals surface area contributed by atoms with Crippen molar-refractivity contribution < 1.29 is 14.7 Å². The Morgan fingerprint density at radius 2 is 2.25 bits per heavy atom. The van der Waals surface area contributed by atoms with Crippen LogP contribution in [0.4, 0.5) is 4.79 Å². The summed E-state index contributed by atoms with van der Waals surface area (Å²) in [4.78, 5) is 20.8. The van der Waals surface area contributed by atoms with Crippen molar-refractivity contribution in [3.63, 3.8) is 0 Å². The first kappa shape index (κ1) is 11.1. The number of nitrogens with zero attached hydrogens (tertiary/aromatic N) is 1. The summed E-state index contributed by atoms with van der Waals surface area (Å²) in [5, 5.41) is 9.67. The second-order valence-corrected chi connectivity index (χ2v) is 2.49. The summed E-state index contributed by atoms with van der Waals surface area (Å²) in [7, 11) is 1.40. The Labute approximate surface area is 75.1 Å². The van der Waals surface area contributed by atoms with Crippen LogP contribution in [0.2, 0.25) is 0 Å². The van der Waals surface area contributed by atoms with Crippen LogP contribution in [0.1, 0.15) is 0 Å². The maximum Gasteiger partial charge on any atom is 0.326 e. The highest BCUT2D eigenvalue weighted by molar-refractivity contribution is 7.80. The molecule has 0 aliphatic heterocycles. The van der Waals surface area contributed by atoms with Gasteiger partial charge in [0, 0.05) is 12.8 Å². The third-order valence-corrected chi connectivity index (χ3v) is 1.56. The maximum absolute atomic E-state index is 10.5. The Morgan fingerprint density at radius 3 is 2.50 bits per heavy atom. The molecule has 1 atom stereocenters. The number of amides is 2. The minimum Gasteiger partial charge on any atom is -0.480 e. The van der Waals surface area contributed by atoms with Crippen LogP contribution in [-0.4, -0.2) is 41.0 Å². The van der Waals surface area contributed by atoms with Crippen molar-refractivity contribution in [2.75, 3.05) is 12.8 Å². The van der Waals surface area contributed by atoms with Crippen LogP contribution >= 0.6 is 12.6 Å². The van der Waals surface area contributed by atoms with Gasteiger partial charge in [-0.05, 0) is 0 Å². The number of aliphatic carboxylic acids is 1. The Kier molecular flexibility index (Phi) is 4.45. The SMILES string of the molecule is CN(NC(N)=O)[C@@H](CS)C(=O)O. The van der Waals surface area contributed by atoms with E-state index in [4.69, 9.17) is 10.8 Å². The van der Waals surface area contributed by atoms with Gasteiger partial charge in [0.1, 0.15) is 6.04 Å². The number of likely N-dealkylation sites (N-methyl/N-ethyl adjacent to an activating group) is 1. The lowest BCUT2D eigenvalue weighted by Gasteiger charge is -2.22. The number of hydrogen-bond donors (Lipinski definition) is 4. The summed E-state index contributed by atoms with van der Waals surface area (Å²) >= 11 is 3.80. The van der Waals surface area contributed by atoms with Crippen molar-refractivity contribution >= 4 is 24.6 Å². The number of nitrogens with one attached hydrogen (secondary N) is 1. The number of thiol groups is 1. The molecule has 70 valence electrons. The summed E-state index contributed by atoms with van der Waals surface area (Å²) in [5.41, 5.74) is 6.89. The number of hydrogen-bond acceptors (Lipinski definition) is 4. The molecule has 0 rings (SSSR count). The molecule has 2 amide bonds. The predicted molar refractivity (Wildman–Crippen MR) is 45.8 cm³/mol.